The Morgan fingerprint density at radius 1 is 0.857 bits per heavy atom. The molecule has 144 valence electrons. The first-order valence-corrected chi connectivity index (χ1v) is 9.37. The first-order chi connectivity index (χ1) is 13.3. The Balaban J connectivity index is 1.56. The summed E-state index contributed by atoms with van der Waals surface area (Å²) in [6, 6.07) is 9.83. The van der Waals surface area contributed by atoms with E-state index >= 15 is 0 Å². The van der Waals surface area contributed by atoms with Crippen molar-refractivity contribution in [3.05, 3.63) is 69.0 Å². The number of carbonyl (C=O) groups excluding carboxylic acids is 2. The summed E-state index contributed by atoms with van der Waals surface area (Å²) in [7, 11) is 0. The molecule has 3 aromatic rings. The third kappa shape index (κ3) is 4.58. The highest BCUT2D eigenvalue weighted by Crippen LogP contribution is 2.20. The number of benzene rings is 2. The minimum absolute atomic E-state index is 0.249. The van der Waals surface area contributed by atoms with Crippen LogP contribution in [0.3, 0.4) is 0 Å². The van der Waals surface area contributed by atoms with E-state index in [2.05, 4.69) is 20.6 Å². The van der Waals surface area contributed by atoms with Gasteiger partial charge in [-0.25, -0.2) is 9.97 Å². The van der Waals surface area contributed by atoms with Gasteiger partial charge in [-0.3, -0.25) is 9.59 Å². The van der Waals surface area contributed by atoms with Gasteiger partial charge in [-0.2, -0.15) is 0 Å². The second kappa shape index (κ2) is 8.54. The van der Waals surface area contributed by atoms with Crippen LogP contribution >= 0.6 is 23.2 Å². The summed E-state index contributed by atoms with van der Waals surface area (Å²) in [5, 5.41) is 6.20. The molecule has 0 aliphatic rings. The molecule has 0 aliphatic carbocycles. The van der Waals surface area contributed by atoms with Crippen LogP contribution in [0, 0.1) is 13.8 Å². The fraction of sp³-hybridized carbons (Fsp3) is 0.200. The predicted molar refractivity (Wildman–Crippen MR) is 110 cm³/mol. The van der Waals surface area contributed by atoms with E-state index in [-0.39, 0.29) is 29.9 Å². The average molecular weight is 417 g/mol. The summed E-state index contributed by atoms with van der Waals surface area (Å²) in [4.78, 5) is 33.4. The maximum Gasteiger partial charge on any atom is 0.252 e. The van der Waals surface area contributed by atoms with Crippen LogP contribution in [0.25, 0.3) is 11.0 Å². The molecule has 2 amide bonds. The number of hydrogen-bond donors (Lipinski definition) is 2. The van der Waals surface area contributed by atoms with E-state index in [0.29, 0.717) is 21.7 Å². The number of hydrogen-bond acceptors (Lipinski definition) is 4. The number of carbonyl (C=O) groups is 2. The number of nitrogens with zero attached hydrogens (tertiary/aromatic N) is 2. The molecule has 28 heavy (non-hydrogen) atoms. The van der Waals surface area contributed by atoms with Crippen LogP contribution in [0.1, 0.15) is 32.1 Å². The van der Waals surface area contributed by atoms with Gasteiger partial charge in [-0.15, -0.1) is 0 Å². The zero-order valence-corrected chi connectivity index (χ0v) is 16.9. The van der Waals surface area contributed by atoms with Gasteiger partial charge in [0, 0.05) is 23.7 Å². The summed E-state index contributed by atoms with van der Waals surface area (Å²) >= 11 is 11.8. The van der Waals surface area contributed by atoms with Crippen LogP contribution in [-0.2, 0) is 0 Å². The van der Waals surface area contributed by atoms with Crippen molar-refractivity contribution in [2.45, 2.75) is 13.8 Å². The van der Waals surface area contributed by atoms with Crippen molar-refractivity contribution < 1.29 is 9.59 Å². The average Bonchev–Trinajstić information content (AvgIpc) is 2.65. The monoisotopic (exact) mass is 416 g/mol. The van der Waals surface area contributed by atoms with Gasteiger partial charge in [0.05, 0.1) is 33.0 Å². The van der Waals surface area contributed by atoms with E-state index < -0.39 is 0 Å². The van der Waals surface area contributed by atoms with Crippen molar-refractivity contribution in [1.82, 2.24) is 20.6 Å². The Labute approximate surface area is 172 Å². The topological polar surface area (TPSA) is 84.0 Å². The Hall–Kier alpha value is -2.70. The molecule has 6 nitrogen and oxygen atoms in total. The molecule has 0 atom stereocenters. The summed E-state index contributed by atoms with van der Waals surface area (Å²) in [6.45, 7) is 4.31. The van der Waals surface area contributed by atoms with Gasteiger partial charge >= 0.3 is 0 Å². The summed E-state index contributed by atoms with van der Waals surface area (Å²) in [5.41, 5.74) is 3.91. The number of halogens is 2. The lowest BCUT2D eigenvalue weighted by Crippen LogP contribution is -2.34. The van der Waals surface area contributed by atoms with Crippen LogP contribution < -0.4 is 10.6 Å². The minimum atomic E-state index is -0.331. The molecular formula is C20H18Cl2N4O2. The third-order valence-electron chi connectivity index (χ3n) is 4.21. The van der Waals surface area contributed by atoms with E-state index in [1.54, 1.807) is 30.3 Å². The Morgan fingerprint density at radius 3 is 2.18 bits per heavy atom. The van der Waals surface area contributed by atoms with Crippen molar-refractivity contribution in [2.75, 3.05) is 13.1 Å². The van der Waals surface area contributed by atoms with Gasteiger partial charge in [0.15, 0.2) is 0 Å². The number of nitrogens with one attached hydrogen (secondary N) is 2. The number of rotatable bonds is 5. The number of aromatic nitrogens is 2. The minimum Gasteiger partial charge on any atom is -0.350 e. The molecule has 0 aliphatic heterocycles. The lowest BCUT2D eigenvalue weighted by Gasteiger charge is -2.09. The van der Waals surface area contributed by atoms with Gasteiger partial charge in [-0.05, 0) is 50.2 Å². The molecular weight excluding hydrogens is 399 g/mol. The molecule has 0 radical (unpaired) electrons. The highest BCUT2D eigenvalue weighted by Gasteiger charge is 2.11. The van der Waals surface area contributed by atoms with Crippen molar-refractivity contribution in [2.24, 2.45) is 0 Å². The number of aryl methyl sites for hydroxylation is 2. The smallest absolute Gasteiger partial charge is 0.252 e. The van der Waals surface area contributed by atoms with Gasteiger partial charge in [0.1, 0.15) is 0 Å². The standard InChI is InChI=1S/C20H18Cl2N4O2/c1-11-12(2)26-18-9-13(3-6-17(18)25-11)19(27)23-7-8-24-20(28)15-5-4-14(21)10-16(15)22/h3-6,9-10H,7-8H2,1-2H3,(H,23,27)(H,24,28). The predicted octanol–water partition coefficient (Wildman–Crippen LogP) is 3.71. The molecule has 0 saturated carbocycles. The van der Waals surface area contributed by atoms with E-state index in [9.17, 15) is 9.59 Å². The van der Waals surface area contributed by atoms with Gasteiger partial charge in [0.25, 0.3) is 11.8 Å². The first-order valence-electron chi connectivity index (χ1n) is 8.61. The van der Waals surface area contributed by atoms with Crippen molar-refractivity contribution in [1.29, 1.82) is 0 Å². The number of fused-ring (bicyclic) bond motifs is 1. The van der Waals surface area contributed by atoms with Crippen molar-refractivity contribution in [3.63, 3.8) is 0 Å². The van der Waals surface area contributed by atoms with Crippen LogP contribution in [0.2, 0.25) is 10.0 Å². The van der Waals surface area contributed by atoms with E-state index in [1.807, 2.05) is 13.8 Å². The highest BCUT2D eigenvalue weighted by molar-refractivity contribution is 6.36. The van der Waals surface area contributed by atoms with E-state index in [4.69, 9.17) is 23.2 Å². The molecule has 2 N–H and O–H groups in total. The van der Waals surface area contributed by atoms with Gasteiger partial charge < -0.3 is 10.6 Å². The maximum atomic E-state index is 12.3. The lowest BCUT2D eigenvalue weighted by molar-refractivity contribution is 0.0928. The van der Waals surface area contributed by atoms with Crippen molar-refractivity contribution >= 4 is 46.0 Å². The van der Waals surface area contributed by atoms with Crippen LogP contribution in [0.15, 0.2) is 36.4 Å². The second-order valence-electron chi connectivity index (χ2n) is 6.23. The molecule has 2 aromatic carbocycles. The second-order valence-corrected chi connectivity index (χ2v) is 7.08. The molecule has 1 aromatic heterocycles. The lowest BCUT2D eigenvalue weighted by atomic mass is 10.1. The first kappa shape index (κ1) is 20.0. The largest absolute Gasteiger partial charge is 0.350 e. The molecule has 0 unspecified atom stereocenters. The highest BCUT2D eigenvalue weighted by atomic mass is 35.5. The van der Waals surface area contributed by atoms with Gasteiger partial charge in [-0.1, -0.05) is 23.2 Å². The van der Waals surface area contributed by atoms with E-state index in [1.165, 1.54) is 6.07 Å². The zero-order valence-electron chi connectivity index (χ0n) is 15.3. The normalized spacial score (nSPS) is 10.7. The SMILES string of the molecule is Cc1nc2ccc(C(=O)NCCNC(=O)c3ccc(Cl)cc3Cl)cc2nc1C. The van der Waals surface area contributed by atoms with Crippen LogP contribution in [0.4, 0.5) is 0 Å². The fourth-order valence-electron chi connectivity index (χ4n) is 2.59. The molecule has 0 bridgehead atoms. The van der Waals surface area contributed by atoms with E-state index in [0.717, 1.165) is 16.9 Å². The number of amides is 2. The third-order valence-corrected chi connectivity index (χ3v) is 4.76. The van der Waals surface area contributed by atoms with Crippen molar-refractivity contribution in [3.8, 4) is 0 Å². The summed E-state index contributed by atoms with van der Waals surface area (Å²) in [6.07, 6.45) is 0. The van der Waals surface area contributed by atoms with Crippen LogP contribution in [-0.4, -0.2) is 34.9 Å². The maximum absolute atomic E-state index is 12.3. The van der Waals surface area contributed by atoms with Gasteiger partial charge in [0.2, 0.25) is 0 Å². The summed E-state index contributed by atoms with van der Waals surface area (Å²) < 4.78 is 0. The Bertz CT molecular complexity index is 1070. The molecule has 0 spiro atoms. The summed E-state index contributed by atoms with van der Waals surface area (Å²) in [5.74, 6) is -0.580. The van der Waals surface area contributed by atoms with Crippen LogP contribution in [0.5, 0.6) is 0 Å². The molecule has 3 rings (SSSR count). The molecule has 8 heteroatoms. The quantitative estimate of drug-likeness (QED) is 0.620. The zero-order chi connectivity index (χ0) is 20.3. The molecule has 0 saturated heterocycles. The molecule has 0 fully saturated rings. The molecule has 1 heterocycles. The Kier molecular flexibility index (Phi) is 6.11. The fourth-order valence-corrected chi connectivity index (χ4v) is 3.09. The Morgan fingerprint density at radius 2 is 1.50 bits per heavy atom.